The Labute approximate surface area is 135 Å². The lowest BCUT2D eigenvalue weighted by molar-refractivity contribution is -0.126. The predicted molar refractivity (Wildman–Crippen MR) is 88.4 cm³/mol. The van der Waals surface area contributed by atoms with Crippen molar-refractivity contribution in [1.29, 1.82) is 0 Å². The monoisotopic (exact) mass is 318 g/mol. The Kier molecular flexibility index (Phi) is 4.63. The van der Waals surface area contributed by atoms with Crippen LogP contribution in [-0.4, -0.2) is 16.1 Å². The highest BCUT2D eigenvalue weighted by molar-refractivity contribution is 7.11. The minimum absolute atomic E-state index is 0.0354. The van der Waals surface area contributed by atoms with E-state index in [1.54, 1.807) is 6.92 Å². The summed E-state index contributed by atoms with van der Waals surface area (Å²) in [6, 6.07) is 9.33. The Morgan fingerprint density at radius 3 is 2.36 bits per heavy atom. The van der Waals surface area contributed by atoms with Crippen molar-refractivity contribution in [1.82, 2.24) is 15.5 Å². The van der Waals surface area contributed by atoms with Gasteiger partial charge in [0.05, 0.1) is 6.54 Å². The second kappa shape index (κ2) is 6.14. The minimum atomic E-state index is -1.07. The van der Waals surface area contributed by atoms with Gasteiger partial charge in [0.1, 0.15) is 15.6 Å². The van der Waals surface area contributed by atoms with Gasteiger partial charge in [-0.25, -0.2) is 0 Å². The molecule has 1 aromatic carbocycles. The second-order valence-electron chi connectivity index (χ2n) is 6.50. The zero-order valence-corrected chi connectivity index (χ0v) is 14.2. The molecule has 6 heteroatoms. The maximum absolute atomic E-state index is 12.4. The molecule has 2 rings (SSSR count). The molecule has 0 bridgehead atoms. The van der Waals surface area contributed by atoms with Crippen LogP contribution in [0.4, 0.5) is 0 Å². The maximum Gasteiger partial charge on any atom is 0.244 e. The van der Waals surface area contributed by atoms with Crippen LogP contribution in [0.25, 0.3) is 0 Å². The first-order valence-electron chi connectivity index (χ1n) is 7.17. The van der Waals surface area contributed by atoms with Crippen LogP contribution in [0.5, 0.6) is 0 Å². The molecule has 1 aromatic heterocycles. The molecule has 0 aliphatic heterocycles. The Morgan fingerprint density at radius 2 is 1.82 bits per heavy atom. The average Bonchev–Trinajstić information content (AvgIpc) is 2.94. The summed E-state index contributed by atoms with van der Waals surface area (Å²) < 4.78 is 0. The predicted octanol–water partition coefficient (Wildman–Crippen LogP) is 2.33. The fourth-order valence-electron chi connectivity index (χ4n) is 1.88. The number of nitrogens with one attached hydrogen (secondary N) is 1. The molecule has 1 unspecified atom stereocenters. The minimum Gasteiger partial charge on any atom is -0.348 e. The van der Waals surface area contributed by atoms with Gasteiger partial charge in [-0.1, -0.05) is 62.4 Å². The maximum atomic E-state index is 12.4. The normalized spacial score (nSPS) is 14.4. The molecular weight excluding hydrogens is 296 g/mol. The van der Waals surface area contributed by atoms with Gasteiger partial charge >= 0.3 is 0 Å². The Bertz CT molecular complexity index is 644. The number of amides is 1. The molecule has 1 amide bonds. The van der Waals surface area contributed by atoms with Gasteiger partial charge in [-0.3, -0.25) is 4.79 Å². The van der Waals surface area contributed by atoms with Gasteiger partial charge < -0.3 is 11.1 Å². The molecule has 0 aliphatic carbocycles. The molecule has 1 heterocycles. The van der Waals surface area contributed by atoms with Gasteiger partial charge in [0.2, 0.25) is 5.91 Å². The van der Waals surface area contributed by atoms with E-state index < -0.39 is 5.54 Å². The summed E-state index contributed by atoms with van der Waals surface area (Å²) in [7, 11) is 0. The van der Waals surface area contributed by atoms with Crippen molar-refractivity contribution < 1.29 is 4.79 Å². The molecule has 0 spiro atoms. The van der Waals surface area contributed by atoms with E-state index in [0.29, 0.717) is 6.54 Å². The molecule has 5 nitrogen and oxygen atoms in total. The third-order valence-electron chi connectivity index (χ3n) is 3.35. The number of benzene rings is 1. The number of nitrogens with two attached hydrogens (primary N) is 1. The number of nitrogens with zero attached hydrogens (tertiary/aromatic N) is 2. The fourth-order valence-corrected chi connectivity index (χ4v) is 2.72. The molecule has 0 fully saturated rings. The van der Waals surface area contributed by atoms with Crippen LogP contribution in [0.1, 0.15) is 43.3 Å². The zero-order chi connectivity index (χ0) is 16.4. The van der Waals surface area contributed by atoms with E-state index in [1.807, 2.05) is 30.3 Å². The van der Waals surface area contributed by atoms with Crippen LogP contribution < -0.4 is 11.1 Å². The van der Waals surface area contributed by atoms with Crippen molar-refractivity contribution in [3.63, 3.8) is 0 Å². The summed E-state index contributed by atoms with van der Waals surface area (Å²) in [5.74, 6) is -0.230. The Balaban J connectivity index is 2.02. The van der Waals surface area contributed by atoms with Crippen molar-refractivity contribution in [2.24, 2.45) is 5.73 Å². The lowest BCUT2D eigenvalue weighted by Crippen LogP contribution is -2.48. The van der Waals surface area contributed by atoms with E-state index in [9.17, 15) is 4.79 Å². The smallest absolute Gasteiger partial charge is 0.244 e. The molecule has 3 N–H and O–H groups in total. The second-order valence-corrected chi connectivity index (χ2v) is 7.56. The molecule has 0 aliphatic rings. The summed E-state index contributed by atoms with van der Waals surface area (Å²) in [6.45, 7) is 8.30. The number of hydrogen-bond donors (Lipinski definition) is 2. The van der Waals surface area contributed by atoms with Crippen LogP contribution in [0.2, 0.25) is 0 Å². The number of aromatic nitrogens is 2. The van der Waals surface area contributed by atoms with Crippen LogP contribution >= 0.6 is 11.3 Å². The molecule has 0 saturated heterocycles. The van der Waals surface area contributed by atoms with Gasteiger partial charge in [-0.15, -0.1) is 10.2 Å². The van der Waals surface area contributed by atoms with E-state index in [1.165, 1.54) is 11.3 Å². The number of hydrogen-bond acceptors (Lipinski definition) is 5. The highest BCUT2D eigenvalue weighted by atomic mass is 32.1. The quantitative estimate of drug-likeness (QED) is 0.906. The number of carbonyl (C=O) groups is 1. The van der Waals surface area contributed by atoms with E-state index in [0.717, 1.165) is 15.6 Å². The first kappa shape index (κ1) is 16.6. The van der Waals surface area contributed by atoms with Crippen molar-refractivity contribution in [2.45, 2.75) is 45.2 Å². The first-order valence-corrected chi connectivity index (χ1v) is 7.98. The first-order chi connectivity index (χ1) is 10.2. The SMILES string of the molecule is CC(C)(C)c1nnc(CNC(=O)C(C)(N)c2ccccc2)s1. The van der Waals surface area contributed by atoms with Crippen molar-refractivity contribution >= 4 is 17.2 Å². The van der Waals surface area contributed by atoms with Crippen LogP contribution in [0.15, 0.2) is 30.3 Å². The van der Waals surface area contributed by atoms with Crippen LogP contribution in [-0.2, 0) is 22.3 Å². The lowest BCUT2D eigenvalue weighted by Gasteiger charge is -2.23. The molecule has 22 heavy (non-hydrogen) atoms. The molecule has 1 atom stereocenters. The van der Waals surface area contributed by atoms with Crippen molar-refractivity contribution in [3.05, 3.63) is 45.9 Å². The topological polar surface area (TPSA) is 80.9 Å². The standard InChI is InChI=1S/C16H22N4OS/c1-15(2,3)14-20-19-12(22-14)10-18-13(21)16(4,17)11-8-6-5-7-9-11/h5-9H,10,17H2,1-4H3,(H,18,21). The fraction of sp³-hybridized carbons (Fsp3) is 0.438. The van der Waals surface area contributed by atoms with Crippen LogP contribution in [0, 0.1) is 0 Å². The molecule has 118 valence electrons. The zero-order valence-electron chi connectivity index (χ0n) is 13.4. The van der Waals surface area contributed by atoms with Gasteiger partial charge in [0.25, 0.3) is 0 Å². The van der Waals surface area contributed by atoms with Gasteiger partial charge in [0, 0.05) is 5.41 Å². The summed E-state index contributed by atoms with van der Waals surface area (Å²) in [5, 5.41) is 12.9. The number of carbonyl (C=O) groups excluding carboxylic acids is 1. The summed E-state index contributed by atoms with van der Waals surface area (Å²) in [6.07, 6.45) is 0. The van der Waals surface area contributed by atoms with Crippen molar-refractivity contribution in [2.75, 3.05) is 0 Å². The van der Waals surface area contributed by atoms with Gasteiger partial charge in [0.15, 0.2) is 0 Å². The van der Waals surface area contributed by atoms with Gasteiger partial charge in [-0.05, 0) is 12.5 Å². The molecule has 0 saturated carbocycles. The highest BCUT2D eigenvalue weighted by Crippen LogP contribution is 2.25. The average molecular weight is 318 g/mol. The largest absolute Gasteiger partial charge is 0.348 e. The summed E-state index contributed by atoms with van der Waals surface area (Å²) in [5.41, 5.74) is 5.85. The molecule has 0 radical (unpaired) electrons. The Hall–Kier alpha value is -1.79. The van der Waals surface area contributed by atoms with E-state index >= 15 is 0 Å². The van der Waals surface area contributed by atoms with E-state index in [2.05, 4.69) is 36.3 Å². The highest BCUT2D eigenvalue weighted by Gasteiger charge is 2.30. The Morgan fingerprint density at radius 1 is 1.18 bits per heavy atom. The van der Waals surface area contributed by atoms with Crippen LogP contribution in [0.3, 0.4) is 0 Å². The molecular formula is C16H22N4OS. The third-order valence-corrected chi connectivity index (χ3v) is 4.70. The summed E-state index contributed by atoms with van der Waals surface area (Å²) in [4.78, 5) is 12.4. The lowest BCUT2D eigenvalue weighted by atomic mass is 9.92. The molecule has 2 aromatic rings. The number of rotatable bonds is 4. The van der Waals surface area contributed by atoms with E-state index in [-0.39, 0.29) is 11.3 Å². The van der Waals surface area contributed by atoms with Gasteiger partial charge in [-0.2, -0.15) is 0 Å². The summed E-state index contributed by atoms with van der Waals surface area (Å²) >= 11 is 1.51. The van der Waals surface area contributed by atoms with E-state index in [4.69, 9.17) is 5.73 Å². The third kappa shape index (κ3) is 3.69. The van der Waals surface area contributed by atoms with Crippen molar-refractivity contribution in [3.8, 4) is 0 Å².